The maximum Gasteiger partial charge on any atom is 0.239 e. The summed E-state index contributed by atoms with van der Waals surface area (Å²) in [6, 6.07) is 13.4. The molecular formula is C25H29Cl2N5O. The quantitative estimate of drug-likeness (QED) is 0.634. The predicted molar refractivity (Wildman–Crippen MR) is 134 cm³/mol. The van der Waals surface area contributed by atoms with E-state index in [0.717, 1.165) is 55.8 Å². The van der Waals surface area contributed by atoms with E-state index in [9.17, 15) is 10.1 Å². The van der Waals surface area contributed by atoms with Gasteiger partial charge in [-0.3, -0.25) is 4.79 Å². The fraction of sp³-hybridized carbons (Fsp3) is 0.440. The number of hydrogen-bond donors (Lipinski definition) is 2. The van der Waals surface area contributed by atoms with Crippen LogP contribution in [0.5, 0.6) is 0 Å². The summed E-state index contributed by atoms with van der Waals surface area (Å²) in [5.41, 5.74) is 3.29. The first-order valence-electron chi connectivity index (χ1n) is 11.5. The second-order valence-electron chi connectivity index (χ2n) is 8.69. The molecule has 2 N–H and O–H groups in total. The number of nitrogens with zero attached hydrogens (tertiary/aromatic N) is 3. The van der Waals surface area contributed by atoms with E-state index in [4.69, 9.17) is 23.2 Å². The molecule has 2 aromatic carbocycles. The lowest BCUT2D eigenvalue weighted by atomic mass is 10.0. The standard InChI is InChI=1S/C25H29Cl2N5O/c1-17(21-8-6-19(26)14-22(21)27)30-24-15-20(7-5-18(24)16-28)31-10-12-32(13-11-31)25(33)23-4-2-3-9-29-23/h5-8,14-15,17,23,29-30H,2-4,9-13H2,1H3/t17?,23-/m1/s1. The number of carbonyl (C=O) groups excluding carboxylic acids is 1. The second-order valence-corrected chi connectivity index (χ2v) is 9.53. The Morgan fingerprint density at radius 1 is 1.15 bits per heavy atom. The average molecular weight is 486 g/mol. The van der Waals surface area contributed by atoms with Crippen molar-refractivity contribution in [2.45, 2.75) is 38.3 Å². The summed E-state index contributed by atoms with van der Waals surface area (Å²) in [7, 11) is 0. The fourth-order valence-corrected chi connectivity index (χ4v) is 5.15. The van der Waals surface area contributed by atoms with E-state index in [0.29, 0.717) is 28.7 Å². The van der Waals surface area contributed by atoms with Crippen LogP contribution in [-0.2, 0) is 4.79 Å². The highest BCUT2D eigenvalue weighted by molar-refractivity contribution is 6.35. The third-order valence-electron chi connectivity index (χ3n) is 6.49. The van der Waals surface area contributed by atoms with Gasteiger partial charge in [-0.1, -0.05) is 35.7 Å². The Morgan fingerprint density at radius 3 is 2.61 bits per heavy atom. The highest BCUT2D eigenvalue weighted by Gasteiger charge is 2.28. The van der Waals surface area contributed by atoms with Crippen LogP contribution in [0.4, 0.5) is 11.4 Å². The third-order valence-corrected chi connectivity index (χ3v) is 7.05. The molecule has 1 unspecified atom stereocenters. The zero-order valence-corrected chi connectivity index (χ0v) is 20.3. The number of anilines is 2. The highest BCUT2D eigenvalue weighted by Crippen LogP contribution is 2.31. The van der Waals surface area contributed by atoms with Gasteiger partial charge in [-0.05, 0) is 62.2 Å². The zero-order chi connectivity index (χ0) is 23.4. The van der Waals surface area contributed by atoms with Crippen molar-refractivity contribution in [2.75, 3.05) is 42.9 Å². The number of benzene rings is 2. The van der Waals surface area contributed by atoms with Gasteiger partial charge in [0.1, 0.15) is 6.07 Å². The van der Waals surface area contributed by atoms with Gasteiger partial charge in [0, 0.05) is 41.9 Å². The van der Waals surface area contributed by atoms with Crippen LogP contribution in [-0.4, -0.2) is 49.6 Å². The van der Waals surface area contributed by atoms with Crippen LogP contribution in [0.1, 0.15) is 43.4 Å². The monoisotopic (exact) mass is 485 g/mol. The Morgan fingerprint density at radius 2 is 1.94 bits per heavy atom. The van der Waals surface area contributed by atoms with Crippen molar-refractivity contribution in [3.05, 3.63) is 57.6 Å². The molecule has 0 radical (unpaired) electrons. The second kappa shape index (κ2) is 10.6. The summed E-state index contributed by atoms with van der Waals surface area (Å²) >= 11 is 12.4. The van der Waals surface area contributed by atoms with Crippen molar-refractivity contribution in [1.29, 1.82) is 5.26 Å². The Kier molecular flexibility index (Phi) is 7.64. The third kappa shape index (κ3) is 5.55. The SMILES string of the molecule is CC(Nc1cc(N2CCN(C(=O)[C@H]3CCCCN3)CC2)ccc1C#N)c1ccc(Cl)cc1Cl. The van der Waals surface area contributed by atoms with E-state index >= 15 is 0 Å². The summed E-state index contributed by atoms with van der Waals surface area (Å²) < 4.78 is 0. The van der Waals surface area contributed by atoms with E-state index in [1.807, 2.05) is 42.2 Å². The minimum absolute atomic E-state index is 0.0304. The van der Waals surface area contributed by atoms with Gasteiger partial charge in [0.25, 0.3) is 0 Å². The van der Waals surface area contributed by atoms with E-state index in [2.05, 4.69) is 21.6 Å². The highest BCUT2D eigenvalue weighted by atomic mass is 35.5. The molecule has 0 aromatic heterocycles. The van der Waals surface area contributed by atoms with E-state index in [-0.39, 0.29) is 18.0 Å². The van der Waals surface area contributed by atoms with Crippen molar-refractivity contribution in [1.82, 2.24) is 10.2 Å². The summed E-state index contributed by atoms with van der Waals surface area (Å²) in [4.78, 5) is 17.1. The van der Waals surface area contributed by atoms with Gasteiger partial charge >= 0.3 is 0 Å². The molecule has 174 valence electrons. The molecule has 2 atom stereocenters. The summed E-state index contributed by atoms with van der Waals surface area (Å²) in [5.74, 6) is 0.227. The zero-order valence-electron chi connectivity index (χ0n) is 18.8. The van der Waals surface area contributed by atoms with Crippen LogP contribution < -0.4 is 15.5 Å². The molecule has 0 aliphatic carbocycles. The van der Waals surface area contributed by atoms with E-state index in [1.54, 1.807) is 6.07 Å². The Hall–Kier alpha value is -2.46. The van der Waals surface area contributed by atoms with Crippen LogP contribution in [0, 0.1) is 11.3 Å². The van der Waals surface area contributed by atoms with Gasteiger partial charge in [-0.25, -0.2) is 0 Å². The molecule has 2 fully saturated rings. The molecule has 1 amide bonds. The van der Waals surface area contributed by atoms with Gasteiger partial charge in [0.15, 0.2) is 0 Å². The largest absolute Gasteiger partial charge is 0.377 e. The molecule has 4 rings (SSSR count). The molecule has 2 aliphatic rings. The number of nitriles is 1. The van der Waals surface area contributed by atoms with Crippen LogP contribution >= 0.6 is 23.2 Å². The fourth-order valence-electron chi connectivity index (χ4n) is 4.58. The first kappa shape index (κ1) is 23.7. The Bertz CT molecular complexity index is 1040. The molecule has 2 aromatic rings. The number of amides is 1. The first-order chi connectivity index (χ1) is 16.0. The lowest BCUT2D eigenvalue weighted by Crippen LogP contribution is -2.55. The molecule has 2 heterocycles. The van der Waals surface area contributed by atoms with Crippen molar-refractivity contribution in [2.24, 2.45) is 0 Å². The van der Waals surface area contributed by atoms with Crippen LogP contribution in [0.25, 0.3) is 0 Å². The molecule has 2 saturated heterocycles. The number of nitrogens with one attached hydrogen (secondary N) is 2. The summed E-state index contributed by atoms with van der Waals surface area (Å²) in [5, 5.41) is 17.6. The molecule has 33 heavy (non-hydrogen) atoms. The smallest absolute Gasteiger partial charge is 0.239 e. The van der Waals surface area contributed by atoms with Crippen LogP contribution in [0.15, 0.2) is 36.4 Å². The van der Waals surface area contributed by atoms with Gasteiger partial charge in [-0.2, -0.15) is 5.26 Å². The normalized spacial score (nSPS) is 19.6. The van der Waals surface area contributed by atoms with Crippen LogP contribution in [0.3, 0.4) is 0 Å². The maximum absolute atomic E-state index is 12.8. The van der Waals surface area contributed by atoms with Gasteiger partial charge in [-0.15, -0.1) is 0 Å². The predicted octanol–water partition coefficient (Wildman–Crippen LogP) is 4.83. The minimum Gasteiger partial charge on any atom is -0.377 e. The molecule has 6 nitrogen and oxygen atoms in total. The molecule has 0 saturated carbocycles. The number of piperazine rings is 1. The number of piperidine rings is 1. The van der Waals surface area contributed by atoms with Gasteiger partial charge < -0.3 is 20.4 Å². The van der Waals surface area contributed by atoms with Gasteiger partial charge in [0.2, 0.25) is 5.91 Å². The minimum atomic E-state index is -0.102. The lowest BCUT2D eigenvalue weighted by molar-refractivity contribution is -0.134. The topological polar surface area (TPSA) is 71.4 Å². The molecule has 8 heteroatoms. The maximum atomic E-state index is 12.8. The number of hydrogen-bond acceptors (Lipinski definition) is 5. The Balaban J connectivity index is 1.43. The molecule has 0 bridgehead atoms. The van der Waals surface area contributed by atoms with E-state index in [1.165, 1.54) is 0 Å². The summed E-state index contributed by atoms with van der Waals surface area (Å²) in [6.07, 6.45) is 3.19. The molecule has 2 aliphatic heterocycles. The lowest BCUT2D eigenvalue weighted by Gasteiger charge is -2.38. The number of rotatable bonds is 5. The van der Waals surface area contributed by atoms with Crippen molar-refractivity contribution < 1.29 is 4.79 Å². The van der Waals surface area contributed by atoms with Crippen LogP contribution in [0.2, 0.25) is 10.0 Å². The van der Waals surface area contributed by atoms with Gasteiger partial charge in [0.05, 0.1) is 23.3 Å². The summed E-state index contributed by atoms with van der Waals surface area (Å²) in [6.45, 7) is 5.88. The van der Waals surface area contributed by atoms with E-state index < -0.39 is 0 Å². The van der Waals surface area contributed by atoms with Crippen molar-refractivity contribution in [3.63, 3.8) is 0 Å². The number of halogens is 2. The Labute approximate surface area is 205 Å². The van der Waals surface area contributed by atoms with Crippen molar-refractivity contribution >= 4 is 40.5 Å². The first-order valence-corrected chi connectivity index (χ1v) is 12.2. The number of carbonyl (C=O) groups is 1. The van der Waals surface area contributed by atoms with Crippen molar-refractivity contribution in [3.8, 4) is 6.07 Å². The molecule has 0 spiro atoms. The average Bonchev–Trinajstić information content (AvgIpc) is 2.84. The molecular weight excluding hydrogens is 457 g/mol.